The number of rotatable bonds is 10. The molecule has 0 saturated carbocycles. The number of alkyl halides is 3. The Hall–Kier alpha value is -2.95. The van der Waals surface area contributed by atoms with Crippen LogP contribution >= 0.6 is 11.3 Å². The number of nitrogens with one attached hydrogen (secondary N) is 2. The third-order valence-electron chi connectivity index (χ3n) is 5.01. The number of hydrogen-bond acceptors (Lipinski definition) is 8. The van der Waals surface area contributed by atoms with Gasteiger partial charge in [0.05, 0.1) is 30.3 Å². The lowest BCUT2D eigenvalue weighted by Crippen LogP contribution is -2.43. The highest BCUT2D eigenvalue weighted by Gasteiger charge is 2.43. The molecular formula is C21H26F4N4O6S2. The van der Waals surface area contributed by atoms with Crippen LogP contribution in [0, 0.1) is 5.82 Å². The van der Waals surface area contributed by atoms with Gasteiger partial charge in [-0.3, -0.25) is 4.79 Å². The van der Waals surface area contributed by atoms with Crippen molar-refractivity contribution in [3.05, 3.63) is 45.9 Å². The number of aliphatic hydroxyl groups is 1. The lowest BCUT2D eigenvalue weighted by molar-refractivity contribution is -0.162. The molecule has 5 N–H and O–H groups in total. The van der Waals surface area contributed by atoms with Crippen molar-refractivity contribution >= 4 is 39.0 Å². The normalized spacial score (nSPS) is 13.9. The van der Waals surface area contributed by atoms with E-state index in [1.54, 1.807) is 5.32 Å². The lowest BCUT2D eigenvalue weighted by atomic mass is 10.2. The van der Waals surface area contributed by atoms with Crippen LogP contribution in [-0.4, -0.2) is 62.3 Å². The number of methoxy groups -OCH3 is 1. The minimum Gasteiger partial charge on any atom is -0.453 e. The first-order valence-corrected chi connectivity index (χ1v) is 12.9. The van der Waals surface area contributed by atoms with Crippen molar-refractivity contribution in [1.29, 1.82) is 0 Å². The molecule has 2 aromatic rings. The molecule has 0 bridgehead atoms. The molecule has 10 nitrogen and oxygen atoms in total. The van der Waals surface area contributed by atoms with Gasteiger partial charge in [0.1, 0.15) is 12.4 Å². The van der Waals surface area contributed by atoms with Crippen molar-refractivity contribution < 1.29 is 45.4 Å². The molecule has 2 amide bonds. The molecule has 0 aliphatic rings. The Labute approximate surface area is 214 Å². The minimum absolute atomic E-state index is 0.0434. The summed E-state index contributed by atoms with van der Waals surface area (Å²) in [6, 6.07) is 0.499. The quantitative estimate of drug-likeness (QED) is 0.253. The fourth-order valence-electron chi connectivity index (χ4n) is 3.34. The number of alkyl carbamates (subject to hydrolysis) is 1. The summed E-state index contributed by atoms with van der Waals surface area (Å²) in [6.45, 7) is 1.38. The molecule has 1 unspecified atom stereocenters. The maximum absolute atomic E-state index is 14.0. The van der Waals surface area contributed by atoms with E-state index in [4.69, 9.17) is 5.73 Å². The molecule has 2 atom stereocenters. The van der Waals surface area contributed by atoms with Crippen molar-refractivity contribution in [3.63, 3.8) is 0 Å². The van der Waals surface area contributed by atoms with Crippen LogP contribution in [0.2, 0.25) is 0 Å². The number of hydrogen-bond donors (Lipinski definition) is 4. The molecule has 2 rings (SSSR count). The Balaban J connectivity index is 2.42. The molecule has 0 fully saturated rings. The molecule has 0 aliphatic carbocycles. The maximum Gasteiger partial charge on any atom is 0.413 e. The number of halogens is 4. The van der Waals surface area contributed by atoms with Crippen LogP contribution in [-0.2, 0) is 19.6 Å². The van der Waals surface area contributed by atoms with Crippen molar-refractivity contribution in [2.45, 2.75) is 43.0 Å². The van der Waals surface area contributed by atoms with E-state index in [2.05, 4.69) is 4.74 Å². The first-order chi connectivity index (χ1) is 17.1. The number of benzene rings is 1. The van der Waals surface area contributed by atoms with E-state index in [0.717, 1.165) is 29.6 Å². The number of anilines is 1. The number of aliphatic hydroxyl groups excluding tert-OH is 1. The lowest BCUT2D eigenvalue weighted by Gasteiger charge is -2.32. The fraction of sp³-hybridized carbons (Fsp3) is 0.429. The fourth-order valence-corrected chi connectivity index (χ4v) is 6.40. The van der Waals surface area contributed by atoms with Crippen LogP contribution < -0.4 is 16.4 Å². The predicted octanol–water partition coefficient (Wildman–Crippen LogP) is 2.68. The number of thiophene rings is 1. The smallest absolute Gasteiger partial charge is 0.413 e. The number of carbonyl (C=O) groups excluding carboxylic acids is 2. The molecule has 0 aliphatic heterocycles. The average Bonchev–Trinajstić information content (AvgIpc) is 3.28. The standard InChI is InChI=1S/C21H26F4N4O6S2/c1-11(2)29(37(33,34)12-4-5-14(26)13(22)8-12)15(10-30)16-6-7-17(36-16)19(21(23,24)25)28-18(31)9-27-20(32)35-3/h4-8,11,15,19,30H,9-10,26H2,1-3H3,(H,27,32)(H,28,31)/t15-,19?/m1/s1. The van der Waals surface area contributed by atoms with Gasteiger partial charge in [0.2, 0.25) is 15.9 Å². The third-order valence-corrected chi connectivity index (χ3v) is 8.34. The van der Waals surface area contributed by atoms with Crippen LogP contribution in [0.4, 0.5) is 28.0 Å². The predicted molar refractivity (Wildman–Crippen MR) is 126 cm³/mol. The number of amides is 2. The Bertz CT molecular complexity index is 1220. The Kier molecular flexibility index (Phi) is 9.87. The van der Waals surface area contributed by atoms with Gasteiger partial charge < -0.3 is 26.2 Å². The number of sulfonamides is 1. The highest BCUT2D eigenvalue weighted by atomic mass is 32.2. The topological polar surface area (TPSA) is 151 Å². The summed E-state index contributed by atoms with van der Waals surface area (Å²) >= 11 is 0.527. The first-order valence-electron chi connectivity index (χ1n) is 10.6. The maximum atomic E-state index is 14.0. The van der Waals surface area contributed by atoms with E-state index in [1.165, 1.54) is 19.9 Å². The highest BCUT2D eigenvalue weighted by molar-refractivity contribution is 7.89. The van der Waals surface area contributed by atoms with E-state index in [1.807, 2.05) is 5.32 Å². The van der Waals surface area contributed by atoms with Gasteiger partial charge in [0.25, 0.3) is 0 Å². The second kappa shape index (κ2) is 12.1. The van der Waals surface area contributed by atoms with Gasteiger partial charge in [-0.05, 0) is 44.2 Å². The summed E-state index contributed by atoms with van der Waals surface area (Å²) in [5.41, 5.74) is 5.14. The van der Waals surface area contributed by atoms with E-state index in [9.17, 15) is 40.7 Å². The molecular weight excluding hydrogens is 544 g/mol. The molecule has 1 aromatic carbocycles. The molecule has 1 heterocycles. The van der Waals surface area contributed by atoms with Crippen molar-refractivity contribution in [2.24, 2.45) is 0 Å². The van der Waals surface area contributed by atoms with Crippen molar-refractivity contribution in [3.8, 4) is 0 Å². The van der Waals surface area contributed by atoms with Crippen molar-refractivity contribution in [2.75, 3.05) is 26.0 Å². The summed E-state index contributed by atoms with van der Waals surface area (Å²) in [4.78, 5) is 22.3. The molecule has 206 valence electrons. The highest BCUT2D eigenvalue weighted by Crippen LogP contribution is 2.40. The zero-order valence-corrected chi connectivity index (χ0v) is 21.5. The zero-order chi connectivity index (χ0) is 28.1. The van der Waals surface area contributed by atoms with Gasteiger partial charge in [-0.1, -0.05) is 0 Å². The van der Waals surface area contributed by atoms with Gasteiger partial charge in [-0.15, -0.1) is 11.3 Å². The summed E-state index contributed by atoms with van der Waals surface area (Å²) < 4.78 is 87.1. The van der Waals surface area contributed by atoms with Crippen molar-refractivity contribution in [1.82, 2.24) is 14.9 Å². The Morgan fingerprint density at radius 1 is 1.19 bits per heavy atom. The summed E-state index contributed by atoms with van der Waals surface area (Å²) in [5.74, 6) is -2.13. The third kappa shape index (κ3) is 7.30. The van der Waals surface area contributed by atoms with Gasteiger partial charge >= 0.3 is 12.3 Å². The van der Waals surface area contributed by atoms with Crippen LogP contribution in [0.15, 0.2) is 35.2 Å². The SMILES string of the molecule is COC(=O)NCC(=O)NC(c1ccc([C@@H](CO)N(C(C)C)S(=O)(=O)c2ccc(N)c(F)c2)s1)C(F)(F)F. The molecule has 0 spiro atoms. The van der Waals surface area contributed by atoms with Gasteiger partial charge in [0.15, 0.2) is 6.04 Å². The van der Waals surface area contributed by atoms with E-state index in [-0.39, 0.29) is 10.6 Å². The first kappa shape index (κ1) is 30.3. The van der Waals surface area contributed by atoms with E-state index >= 15 is 0 Å². The summed E-state index contributed by atoms with van der Waals surface area (Å²) in [5, 5.41) is 13.8. The monoisotopic (exact) mass is 570 g/mol. The second-order valence-electron chi connectivity index (χ2n) is 7.94. The van der Waals surface area contributed by atoms with Crippen LogP contribution in [0.1, 0.15) is 35.7 Å². The van der Waals surface area contributed by atoms with Gasteiger partial charge in [-0.2, -0.15) is 17.5 Å². The Morgan fingerprint density at radius 3 is 2.32 bits per heavy atom. The van der Waals surface area contributed by atoms with Crippen LogP contribution in [0.25, 0.3) is 0 Å². The summed E-state index contributed by atoms with van der Waals surface area (Å²) in [7, 11) is -3.42. The molecule has 37 heavy (non-hydrogen) atoms. The van der Waals surface area contributed by atoms with Crippen LogP contribution in [0.5, 0.6) is 0 Å². The minimum atomic E-state index is -4.94. The van der Waals surface area contributed by atoms with E-state index in [0.29, 0.717) is 17.4 Å². The Morgan fingerprint density at radius 2 is 1.81 bits per heavy atom. The zero-order valence-electron chi connectivity index (χ0n) is 19.9. The second-order valence-corrected chi connectivity index (χ2v) is 10.9. The van der Waals surface area contributed by atoms with Gasteiger partial charge in [-0.25, -0.2) is 17.6 Å². The molecule has 16 heteroatoms. The summed E-state index contributed by atoms with van der Waals surface area (Å²) in [6.07, 6.45) is -5.96. The largest absolute Gasteiger partial charge is 0.453 e. The van der Waals surface area contributed by atoms with E-state index < -0.39 is 75.1 Å². The van der Waals surface area contributed by atoms with Crippen LogP contribution in [0.3, 0.4) is 0 Å². The number of nitrogen functional groups attached to an aromatic ring is 1. The number of nitrogens with two attached hydrogens (primary N) is 1. The number of carbonyl (C=O) groups is 2. The number of nitrogens with zero attached hydrogens (tertiary/aromatic N) is 1. The number of ether oxygens (including phenoxy) is 1. The molecule has 0 radical (unpaired) electrons. The van der Waals surface area contributed by atoms with Gasteiger partial charge in [0, 0.05) is 15.8 Å². The molecule has 0 saturated heterocycles. The average molecular weight is 571 g/mol. The molecule has 1 aromatic heterocycles.